The van der Waals surface area contributed by atoms with Crippen molar-refractivity contribution in [2.45, 2.75) is 19.9 Å². The molecule has 160 valence electrons. The minimum absolute atomic E-state index is 0.104. The van der Waals surface area contributed by atoms with E-state index in [4.69, 9.17) is 0 Å². The molecular weight excluding hydrogens is 392 g/mol. The van der Waals surface area contributed by atoms with Gasteiger partial charge in [0, 0.05) is 51.3 Å². The van der Waals surface area contributed by atoms with Gasteiger partial charge in [0.25, 0.3) is 0 Å². The van der Waals surface area contributed by atoms with Gasteiger partial charge >= 0.3 is 6.03 Å². The molecule has 1 aromatic carbocycles. The van der Waals surface area contributed by atoms with E-state index in [2.05, 4.69) is 15.4 Å². The van der Waals surface area contributed by atoms with Crippen LogP contribution in [0.25, 0.3) is 5.82 Å². The van der Waals surface area contributed by atoms with E-state index < -0.39 is 0 Å². The third kappa shape index (κ3) is 5.28. The number of nitrogens with zero attached hydrogens (tertiary/aromatic N) is 5. The van der Waals surface area contributed by atoms with E-state index in [1.54, 1.807) is 22.0 Å². The zero-order valence-electron chi connectivity index (χ0n) is 17.6. The summed E-state index contributed by atoms with van der Waals surface area (Å²) in [5.41, 5.74) is 3.11. The van der Waals surface area contributed by atoms with Gasteiger partial charge in [0.05, 0.1) is 6.42 Å². The molecule has 8 nitrogen and oxygen atoms in total. The highest BCUT2D eigenvalue weighted by Crippen LogP contribution is 2.09. The molecule has 2 aromatic heterocycles. The number of piperazine rings is 1. The summed E-state index contributed by atoms with van der Waals surface area (Å²) < 4.78 is 1.68. The van der Waals surface area contributed by atoms with Gasteiger partial charge in [0.2, 0.25) is 5.91 Å². The molecule has 0 radical (unpaired) electrons. The molecule has 31 heavy (non-hydrogen) atoms. The molecule has 3 heterocycles. The summed E-state index contributed by atoms with van der Waals surface area (Å²) in [6.45, 7) is 4.60. The van der Waals surface area contributed by atoms with Crippen molar-refractivity contribution in [1.29, 1.82) is 0 Å². The van der Waals surface area contributed by atoms with Gasteiger partial charge in [-0.3, -0.25) is 4.79 Å². The SMILES string of the molecule is Cc1ccc(CC(=O)N2CCN(C(=O)NCc3ccc(-n4cccn4)nc3)CC2)cc1. The standard InChI is InChI=1S/C23H26N6O2/c1-18-3-5-19(6-4-18)15-22(30)27-11-13-28(14-12-27)23(31)25-17-20-7-8-21(24-16-20)29-10-2-9-26-29/h2-10,16H,11-15,17H2,1H3,(H,25,31). The molecule has 1 fully saturated rings. The van der Waals surface area contributed by atoms with Crippen molar-refractivity contribution in [3.05, 3.63) is 77.7 Å². The maximum absolute atomic E-state index is 12.5. The van der Waals surface area contributed by atoms with Gasteiger partial charge in [0.1, 0.15) is 0 Å². The Bertz CT molecular complexity index is 1010. The third-order valence-electron chi connectivity index (χ3n) is 5.39. The molecule has 0 atom stereocenters. The first kappa shape index (κ1) is 20.6. The molecule has 1 saturated heterocycles. The second-order valence-corrected chi connectivity index (χ2v) is 7.66. The number of carbonyl (C=O) groups excluding carboxylic acids is 2. The Morgan fingerprint density at radius 1 is 0.968 bits per heavy atom. The van der Waals surface area contributed by atoms with E-state index in [1.807, 2.05) is 60.5 Å². The average Bonchev–Trinajstić information content (AvgIpc) is 3.34. The normalized spacial score (nSPS) is 13.8. The Morgan fingerprint density at radius 2 is 1.68 bits per heavy atom. The Labute approximate surface area is 181 Å². The van der Waals surface area contributed by atoms with Crippen LogP contribution >= 0.6 is 0 Å². The van der Waals surface area contributed by atoms with Crippen LogP contribution in [0.2, 0.25) is 0 Å². The zero-order valence-corrected chi connectivity index (χ0v) is 17.6. The van der Waals surface area contributed by atoms with Gasteiger partial charge in [-0.15, -0.1) is 0 Å². The molecule has 0 saturated carbocycles. The van der Waals surface area contributed by atoms with Crippen LogP contribution < -0.4 is 5.32 Å². The lowest BCUT2D eigenvalue weighted by atomic mass is 10.1. The number of pyridine rings is 1. The lowest BCUT2D eigenvalue weighted by Gasteiger charge is -2.34. The number of aryl methyl sites for hydroxylation is 1. The summed E-state index contributed by atoms with van der Waals surface area (Å²) in [5.74, 6) is 0.832. The molecule has 1 N–H and O–H groups in total. The number of carbonyl (C=O) groups is 2. The van der Waals surface area contributed by atoms with Crippen LogP contribution in [0.3, 0.4) is 0 Å². The summed E-state index contributed by atoms with van der Waals surface area (Å²) in [7, 11) is 0. The summed E-state index contributed by atoms with van der Waals surface area (Å²) >= 11 is 0. The van der Waals surface area contributed by atoms with Crippen molar-refractivity contribution in [3.8, 4) is 5.82 Å². The summed E-state index contributed by atoms with van der Waals surface area (Å²) in [6, 6.07) is 13.5. The molecule has 0 bridgehead atoms. The number of amides is 3. The molecule has 1 aliphatic heterocycles. The van der Waals surface area contributed by atoms with Crippen LogP contribution in [-0.4, -0.2) is 62.7 Å². The maximum Gasteiger partial charge on any atom is 0.317 e. The number of hydrogen-bond donors (Lipinski definition) is 1. The van der Waals surface area contributed by atoms with Gasteiger partial charge in [-0.05, 0) is 30.2 Å². The Morgan fingerprint density at radius 3 is 2.32 bits per heavy atom. The molecule has 0 aliphatic carbocycles. The van der Waals surface area contributed by atoms with Gasteiger partial charge in [-0.25, -0.2) is 14.5 Å². The molecule has 1 aliphatic rings. The largest absolute Gasteiger partial charge is 0.339 e. The molecular formula is C23H26N6O2. The fourth-order valence-electron chi connectivity index (χ4n) is 3.50. The Kier molecular flexibility index (Phi) is 6.26. The molecule has 0 spiro atoms. The highest BCUT2D eigenvalue weighted by molar-refractivity contribution is 5.79. The minimum Gasteiger partial charge on any atom is -0.339 e. The second-order valence-electron chi connectivity index (χ2n) is 7.66. The number of rotatable bonds is 5. The van der Waals surface area contributed by atoms with Crippen molar-refractivity contribution < 1.29 is 9.59 Å². The number of urea groups is 1. The maximum atomic E-state index is 12.5. The lowest BCUT2D eigenvalue weighted by Crippen LogP contribution is -2.53. The summed E-state index contributed by atoms with van der Waals surface area (Å²) in [6.07, 6.45) is 5.66. The van der Waals surface area contributed by atoms with Crippen molar-refractivity contribution >= 4 is 11.9 Å². The third-order valence-corrected chi connectivity index (χ3v) is 5.39. The highest BCUT2D eigenvalue weighted by atomic mass is 16.2. The Hall–Kier alpha value is -3.68. The van der Waals surface area contributed by atoms with E-state index >= 15 is 0 Å². The average molecular weight is 419 g/mol. The highest BCUT2D eigenvalue weighted by Gasteiger charge is 2.24. The fraction of sp³-hybridized carbons (Fsp3) is 0.304. The van der Waals surface area contributed by atoms with E-state index in [9.17, 15) is 9.59 Å². The molecule has 4 rings (SSSR count). The molecule has 8 heteroatoms. The smallest absolute Gasteiger partial charge is 0.317 e. The van der Waals surface area contributed by atoms with Crippen LogP contribution in [0, 0.1) is 6.92 Å². The van der Waals surface area contributed by atoms with Gasteiger partial charge in [-0.2, -0.15) is 5.10 Å². The minimum atomic E-state index is -0.123. The predicted octanol–water partition coefficient (Wildman–Crippen LogP) is 2.17. The van der Waals surface area contributed by atoms with E-state index in [1.165, 1.54) is 5.56 Å². The lowest BCUT2D eigenvalue weighted by molar-refractivity contribution is -0.131. The topological polar surface area (TPSA) is 83.4 Å². The van der Waals surface area contributed by atoms with Crippen molar-refractivity contribution in [2.75, 3.05) is 26.2 Å². The second kappa shape index (κ2) is 9.42. The first-order valence-electron chi connectivity index (χ1n) is 10.4. The van der Waals surface area contributed by atoms with Gasteiger partial charge in [-0.1, -0.05) is 35.9 Å². The monoisotopic (exact) mass is 418 g/mol. The fourth-order valence-corrected chi connectivity index (χ4v) is 3.50. The van der Waals surface area contributed by atoms with Crippen molar-refractivity contribution in [2.24, 2.45) is 0 Å². The number of nitrogens with one attached hydrogen (secondary N) is 1. The molecule has 0 unspecified atom stereocenters. The van der Waals surface area contributed by atoms with E-state index in [0.717, 1.165) is 16.9 Å². The predicted molar refractivity (Wildman–Crippen MR) is 117 cm³/mol. The van der Waals surface area contributed by atoms with Crippen LogP contribution in [-0.2, 0) is 17.8 Å². The first-order valence-corrected chi connectivity index (χ1v) is 10.4. The zero-order chi connectivity index (χ0) is 21.6. The number of hydrogen-bond acceptors (Lipinski definition) is 4. The van der Waals surface area contributed by atoms with Crippen LogP contribution in [0.5, 0.6) is 0 Å². The molecule has 3 amide bonds. The van der Waals surface area contributed by atoms with E-state index in [0.29, 0.717) is 39.1 Å². The van der Waals surface area contributed by atoms with Gasteiger partial charge < -0.3 is 15.1 Å². The van der Waals surface area contributed by atoms with Crippen molar-refractivity contribution in [3.63, 3.8) is 0 Å². The number of benzene rings is 1. The van der Waals surface area contributed by atoms with Crippen LogP contribution in [0.4, 0.5) is 4.79 Å². The number of aromatic nitrogens is 3. The Balaban J connectivity index is 1.22. The molecule has 3 aromatic rings. The van der Waals surface area contributed by atoms with Crippen LogP contribution in [0.1, 0.15) is 16.7 Å². The summed E-state index contributed by atoms with van der Waals surface area (Å²) in [5, 5.41) is 7.08. The van der Waals surface area contributed by atoms with Crippen LogP contribution in [0.15, 0.2) is 61.1 Å². The quantitative estimate of drug-likeness (QED) is 0.688. The van der Waals surface area contributed by atoms with E-state index in [-0.39, 0.29) is 11.9 Å². The summed E-state index contributed by atoms with van der Waals surface area (Å²) in [4.78, 5) is 33.0. The van der Waals surface area contributed by atoms with Gasteiger partial charge in [0.15, 0.2) is 5.82 Å². The van der Waals surface area contributed by atoms with Crippen molar-refractivity contribution in [1.82, 2.24) is 29.9 Å². The first-order chi connectivity index (χ1) is 15.1.